The fourth-order valence-corrected chi connectivity index (χ4v) is 10.0. The summed E-state index contributed by atoms with van der Waals surface area (Å²) in [6.45, 7) is 0.276. The maximum absolute atomic E-state index is 14.2. The quantitative estimate of drug-likeness (QED) is 0.0361. The maximum atomic E-state index is 14.2. The zero-order valence-electron chi connectivity index (χ0n) is 35.6. The van der Waals surface area contributed by atoms with E-state index >= 15 is 0 Å². The predicted octanol–water partition coefficient (Wildman–Crippen LogP) is 3.95. The first kappa shape index (κ1) is 45.3. The van der Waals surface area contributed by atoms with Crippen molar-refractivity contribution in [2.45, 2.75) is 30.1 Å². The Morgan fingerprint density at radius 2 is 1.53 bits per heavy atom. The second kappa shape index (κ2) is 20.3. The third kappa shape index (κ3) is 9.15. The van der Waals surface area contributed by atoms with Crippen molar-refractivity contribution in [1.82, 2.24) is 20.2 Å². The highest BCUT2D eigenvalue weighted by molar-refractivity contribution is 8.00. The Labute approximate surface area is 394 Å². The smallest absolute Gasteiger partial charge is 0.355 e. The number of pyridine rings is 1. The molecular weight excluding hydrogens is 898 g/mol. The van der Waals surface area contributed by atoms with Crippen molar-refractivity contribution < 1.29 is 50.1 Å². The minimum atomic E-state index is -0.979. The number of anilines is 1. The average Bonchev–Trinajstić information content (AvgIpc) is 4.08. The number of aromatic nitrogens is 3. The summed E-state index contributed by atoms with van der Waals surface area (Å²) >= 11 is 2.75. The first-order valence-electron chi connectivity index (χ1n) is 20.5. The number of thioether (sulfide) groups is 1. The molecule has 1 saturated heterocycles. The van der Waals surface area contributed by atoms with Crippen LogP contribution in [0.1, 0.15) is 27.9 Å². The molecule has 0 radical (unpaired) electrons. The molecule has 3 aromatic heterocycles. The van der Waals surface area contributed by atoms with Crippen LogP contribution in [0.4, 0.5) is 5.13 Å². The number of oxazole rings is 1. The average molecular weight is 941 g/mol. The molecule has 1 fully saturated rings. The topological polar surface area (TPSA) is 161 Å². The van der Waals surface area contributed by atoms with E-state index < -0.39 is 34.7 Å². The normalized spacial score (nSPS) is 15.8. The van der Waals surface area contributed by atoms with E-state index in [2.05, 4.69) is 57.2 Å². The minimum Gasteiger partial charge on any atom is -1.00 e. The van der Waals surface area contributed by atoms with Gasteiger partial charge in [0, 0.05) is 34.4 Å². The number of nitrogens with one attached hydrogen (secondary N) is 2. The molecule has 2 atom stereocenters. The third-order valence-electron chi connectivity index (χ3n) is 11.1. The molecule has 2 amide bonds. The van der Waals surface area contributed by atoms with Crippen molar-refractivity contribution in [2.24, 2.45) is 5.16 Å². The van der Waals surface area contributed by atoms with Crippen LogP contribution in [0.3, 0.4) is 0 Å². The lowest BCUT2D eigenvalue weighted by molar-refractivity contribution is -0.689. The highest BCUT2D eigenvalue weighted by atomic mass is 35.5. The van der Waals surface area contributed by atoms with Gasteiger partial charge in [0.2, 0.25) is 0 Å². The first-order valence-corrected chi connectivity index (χ1v) is 22.5. The number of esters is 1. The predicted molar refractivity (Wildman–Crippen MR) is 245 cm³/mol. The largest absolute Gasteiger partial charge is 1.00 e. The minimum absolute atomic E-state index is 0. The number of oxime groups is 1. The number of carbonyl (C=O) groups excluding carboxylic acids is 3. The number of ether oxygens (including phenoxy) is 2. The number of rotatable bonds is 16. The number of thiazole rings is 1. The number of halogens is 1. The Bertz CT molecular complexity index is 2750. The van der Waals surface area contributed by atoms with Crippen LogP contribution in [-0.4, -0.2) is 69.8 Å². The van der Waals surface area contributed by atoms with Crippen molar-refractivity contribution in [2.75, 3.05) is 25.3 Å². The molecular formula is C49H42ClN7O7S2. The van der Waals surface area contributed by atoms with Gasteiger partial charge in [-0.1, -0.05) is 108 Å². The molecule has 0 spiro atoms. The van der Waals surface area contributed by atoms with Gasteiger partial charge in [-0.3, -0.25) is 14.5 Å². The summed E-state index contributed by atoms with van der Waals surface area (Å²) in [6, 6.07) is 40.3. The lowest BCUT2D eigenvalue weighted by Crippen LogP contribution is -3.00. The summed E-state index contributed by atoms with van der Waals surface area (Å²) in [5.74, 6) is -0.105. The number of fused-ring (bicyclic) bond motifs is 1. The van der Waals surface area contributed by atoms with Crippen LogP contribution >= 0.6 is 23.1 Å². The number of carbonyl (C=O) groups is 3. The summed E-state index contributed by atoms with van der Waals surface area (Å²) in [7, 11) is 2.92. The summed E-state index contributed by atoms with van der Waals surface area (Å²) < 4.78 is 18.5. The Morgan fingerprint density at radius 1 is 0.894 bits per heavy atom. The van der Waals surface area contributed by atoms with Gasteiger partial charge in [0.05, 0.1) is 13.3 Å². The fourth-order valence-electron chi connectivity index (χ4n) is 7.92. The lowest BCUT2D eigenvalue weighted by Gasteiger charge is -2.49. The number of hydrogen-bond donors (Lipinski definition) is 2. The van der Waals surface area contributed by atoms with E-state index in [0.29, 0.717) is 34.5 Å². The Balaban J connectivity index is 0.00000592. The summed E-state index contributed by atoms with van der Waals surface area (Å²) in [6.07, 6.45) is 6.73. The first-order chi connectivity index (χ1) is 31.9. The van der Waals surface area contributed by atoms with Gasteiger partial charge in [0.15, 0.2) is 41.9 Å². The molecule has 2 aliphatic heterocycles. The zero-order valence-corrected chi connectivity index (χ0v) is 38.0. The van der Waals surface area contributed by atoms with Crippen LogP contribution in [0.25, 0.3) is 11.3 Å². The standard InChI is InChI=1S/C49H41N7O7S2.ClH/c1-60-38-20-18-32(19-21-38)28-62-47(59)43-34(27-55-24-22-33(23-25-55)40-26-50-31-63-40)29-64-46-42(45(58)56(43)46)52-44(57)41(54-61-2)39-30-65-48(51-39)53-49(35-12-6-3-7-13-35,36-14-8-4-9-15-36)37-16-10-5-11-17-37;/h3-26,30-31,42,46H,27-29H2,1-2H3,(H-,51,52,53,57);1H/t42-,46-;/m1./s1. The van der Waals surface area contributed by atoms with Crippen LogP contribution in [0.5, 0.6) is 5.75 Å². The van der Waals surface area contributed by atoms with Gasteiger partial charge in [0.1, 0.15) is 47.8 Å². The molecule has 334 valence electrons. The van der Waals surface area contributed by atoms with E-state index in [1.54, 1.807) is 43.0 Å². The molecule has 2 N–H and O–H groups in total. The van der Waals surface area contributed by atoms with Gasteiger partial charge in [-0.25, -0.2) is 19.3 Å². The fraction of sp³-hybridized carbons (Fsp3) is 0.163. The van der Waals surface area contributed by atoms with Gasteiger partial charge in [-0.05, 0) is 34.4 Å². The molecule has 17 heteroatoms. The van der Waals surface area contributed by atoms with Crippen LogP contribution in [0.15, 0.2) is 179 Å². The number of hydrogen-bond acceptors (Lipinski definition) is 13. The van der Waals surface area contributed by atoms with Gasteiger partial charge in [0.25, 0.3) is 11.8 Å². The Kier molecular flexibility index (Phi) is 13.9. The molecule has 66 heavy (non-hydrogen) atoms. The van der Waals surface area contributed by atoms with Gasteiger partial charge in [-0.15, -0.1) is 23.1 Å². The summed E-state index contributed by atoms with van der Waals surface area (Å²) in [5, 5.41) is 12.3. The third-order valence-corrected chi connectivity index (χ3v) is 13.2. The Morgan fingerprint density at radius 3 is 2.11 bits per heavy atom. The molecule has 4 aromatic carbocycles. The number of nitrogens with zero attached hydrogens (tertiary/aromatic N) is 5. The van der Waals surface area contributed by atoms with Crippen molar-refractivity contribution in [3.63, 3.8) is 0 Å². The van der Waals surface area contributed by atoms with Crippen LogP contribution in [0, 0.1) is 0 Å². The van der Waals surface area contributed by atoms with E-state index in [0.717, 1.165) is 27.8 Å². The highest BCUT2D eigenvalue weighted by Gasteiger charge is 2.55. The molecule has 5 heterocycles. The van der Waals surface area contributed by atoms with E-state index in [1.165, 1.54) is 41.5 Å². The Hall–Kier alpha value is -7.27. The SMILES string of the molecule is CON=C(C(=O)N[C@@H]1C(=O)N2C(C(=O)OCc3ccc(OC)cc3)=C(C[n+]3ccc(-c4cnco4)cc3)CS[C@H]12)c1csc(NC(c2ccccc2)(c2ccccc2)c2ccccc2)n1.[Cl-]. The lowest BCUT2D eigenvalue weighted by atomic mass is 9.77. The van der Waals surface area contributed by atoms with Crippen molar-refractivity contribution in [3.8, 4) is 17.1 Å². The maximum Gasteiger partial charge on any atom is 0.355 e. The number of β-lactam (4-membered cyclic amide) rings is 1. The second-order valence-corrected chi connectivity index (χ2v) is 17.0. The molecule has 9 rings (SSSR count). The van der Waals surface area contributed by atoms with Crippen molar-refractivity contribution >= 4 is 51.7 Å². The number of benzene rings is 4. The molecule has 14 nitrogen and oxygen atoms in total. The van der Waals surface area contributed by atoms with E-state index in [1.807, 2.05) is 83.7 Å². The molecule has 7 aromatic rings. The summed E-state index contributed by atoms with van der Waals surface area (Å²) in [5.41, 5.74) is 4.63. The van der Waals surface area contributed by atoms with Gasteiger partial charge < -0.3 is 41.8 Å². The molecule has 2 aliphatic rings. The summed E-state index contributed by atoms with van der Waals surface area (Å²) in [4.78, 5) is 57.9. The molecule has 0 saturated carbocycles. The second-order valence-electron chi connectivity index (χ2n) is 15.0. The monoisotopic (exact) mass is 939 g/mol. The molecule has 0 bridgehead atoms. The van der Waals surface area contributed by atoms with Crippen molar-refractivity contribution in [1.29, 1.82) is 0 Å². The van der Waals surface area contributed by atoms with Gasteiger partial charge >= 0.3 is 5.97 Å². The van der Waals surface area contributed by atoms with Crippen LogP contribution < -0.4 is 32.3 Å². The van der Waals surface area contributed by atoms with E-state index in [4.69, 9.17) is 23.7 Å². The molecule has 0 aliphatic carbocycles. The van der Waals surface area contributed by atoms with E-state index in [9.17, 15) is 14.4 Å². The number of methoxy groups -OCH3 is 1. The van der Waals surface area contributed by atoms with Gasteiger partial charge in [-0.2, -0.15) is 0 Å². The highest BCUT2D eigenvalue weighted by Crippen LogP contribution is 2.42. The zero-order chi connectivity index (χ0) is 44.8. The van der Waals surface area contributed by atoms with Crippen molar-refractivity contribution in [3.05, 3.63) is 197 Å². The van der Waals surface area contributed by atoms with Crippen LogP contribution in [-0.2, 0) is 42.6 Å². The number of amides is 2. The van der Waals surface area contributed by atoms with E-state index in [-0.39, 0.29) is 36.1 Å². The molecule has 0 unspecified atom stereocenters. The van der Waals surface area contributed by atoms with Crippen LogP contribution in [0.2, 0.25) is 0 Å².